The molecule has 2 aromatic carbocycles. The fraction of sp³-hybridized carbons (Fsp3) is 0.320. The van der Waals surface area contributed by atoms with E-state index in [4.69, 9.17) is 4.74 Å². The average molecular weight is 449 g/mol. The minimum Gasteiger partial charge on any atom is -0.436 e. The van der Waals surface area contributed by atoms with E-state index in [0.29, 0.717) is 10.9 Å². The van der Waals surface area contributed by atoms with Gasteiger partial charge in [0.1, 0.15) is 5.75 Å². The molecule has 0 bridgehead atoms. The molecule has 7 heteroatoms. The maximum absolute atomic E-state index is 12.5. The van der Waals surface area contributed by atoms with E-state index in [1.807, 2.05) is 37.3 Å². The SMILES string of the molecule is Cc1ccccc1Oc1nccnc1SCC(=O)NC1CCN(Cc2ccccc2)CC1. The van der Waals surface area contributed by atoms with Crippen LogP contribution in [0.4, 0.5) is 0 Å². The topological polar surface area (TPSA) is 67.3 Å². The molecule has 1 saturated heterocycles. The monoisotopic (exact) mass is 448 g/mol. The highest BCUT2D eigenvalue weighted by Gasteiger charge is 2.21. The van der Waals surface area contributed by atoms with E-state index < -0.39 is 0 Å². The summed E-state index contributed by atoms with van der Waals surface area (Å²) in [6.07, 6.45) is 5.15. The first-order valence-corrected chi connectivity index (χ1v) is 11.9. The zero-order chi connectivity index (χ0) is 22.2. The Labute approximate surface area is 193 Å². The number of likely N-dealkylation sites (tertiary alicyclic amines) is 1. The Morgan fingerprint density at radius 1 is 1.06 bits per heavy atom. The summed E-state index contributed by atoms with van der Waals surface area (Å²) in [5.41, 5.74) is 2.35. The van der Waals surface area contributed by atoms with E-state index in [2.05, 4.69) is 44.5 Å². The molecule has 1 N–H and O–H groups in total. The van der Waals surface area contributed by atoms with Crippen molar-refractivity contribution < 1.29 is 9.53 Å². The maximum atomic E-state index is 12.5. The lowest BCUT2D eigenvalue weighted by molar-refractivity contribution is -0.119. The van der Waals surface area contributed by atoms with Crippen LogP contribution in [0.15, 0.2) is 72.0 Å². The molecule has 1 aliphatic rings. The van der Waals surface area contributed by atoms with Crippen molar-refractivity contribution in [2.75, 3.05) is 18.8 Å². The van der Waals surface area contributed by atoms with Gasteiger partial charge >= 0.3 is 0 Å². The minimum atomic E-state index is 0.0176. The lowest BCUT2D eigenvalue weighted by Crippen LogP contribution is -2.44. The summed E-state index contributed by atoms with van der Waals surface area (Å²) in [5, 5.41) is 3.79. The molecular weight excluding hydrogens is 420 g/mol. The molecule has 1 amide bonds. The number of rotatable bonds is 8. The van der Waals surface area contributed by atoms with E-state index in [9.17, 15) is 4.79 Å². The summed E-state index contributed by atoms with van der Waals surface area (Å²) in [5.74, 6) is 1.46. The summed E-state index contributed by atoms with van der Waals surface area (Å²) in [4.78, 5) is 23.7. The zero-order valence-corrected chi connectivity index (χ0v) is 19.1. The van der Waals surface area contributed by atoms with Gasteiger partial charge in [-0.15, -0.1) is 0 Å². The van der Waals surface area contributed by atoms with Crippen LogP contribution in [0.5, 0.6) is 11.6 Å². The Hall–Kier alpha value is -2.90. The largest absolute Gasteiger partial charge is 0.436 e. The summed E-state index contributed by atoms with van der Waals surface area (Å²) >= 11 is 1.35. The number of nitrogens with zero attached hydrogens (tertiary/aromatic N) is 3. The molecule has 0 radical (unpaired) electrons. The molecule has 1 aliphatic heterocycles. The molecule has 4 rings (SSSR count). The minimum absolute atomic E-state index is 0.0176. The van der Waals surface area contributed by atoms with Gasteiger partial charge in [-0.05, 0) is 37.0 Å². The molecule has 3 aromatic rings. The number of aryl methyl sites for hydroxylation is 1. The van der Waals surface area contributed by atoms with Crippen molar-refractivity contribution in [3.63, 3.8) is 0 Å². The molecule has 0 unspecified atom stereocenters. The molecule has 2 heterocycles. The first-order valence-electron chi connectivity index (χ1n) is 10.9. The molecule has 1 aromatic heterocycles. The molecule has 0 saturated carbocycles. The van der Waals surface area contributed by atoms with Crippen LogP contribution in [-0.4, -0.2) is 45.7 Å². The molecule has 0 aliphatic carbocycles. The molecule has 6 nitrogen and oxygen atoms in total. The highest BCUT2D eigenvalue weighted by Crippen LogP contribution is 2.30. The standard InChI is InChI=1S/C25H28N4O2S/c1-19-7-5-6-10-22(19)31-24-25(27-14-13-26-24)32-18-23(30)28-21-11-15-29(16-12-21)17-20-8-3-2-4-9-20/h2-10,13-14,21H,11-12,15-18H2,1H3,(H,28,30). The quantitative estimate of drug-likeness (QED) is 0.514. The Morgan fingerprint density at radius 2 is 1.78 bits per heavy atom. The number of carbonyl (C=O) groups is 1. The average Bonchev–Trinajstić information content (AvgIpc) is 2.82. The number of benzene rings is 2. The van der Waals surface area contributed by atoms with Gasteiger partial charge in [0.2, 0.25) is 5.91 Å². The van der Waals surface area contributed by atoms with E-state index in [1.54, 1.807) is 12.4 Å². The second kappa shape index (κ2) is 11.1. The van der Waals surface area contributed by atoms with E-state index >= 15 is 0 Å². The first kappa shape index (κ1) is 22.3. The number of amides is 1. The van der Waals surface area contributed by atoms with E-state index in [0.717, 1.165) is 43.8 Å². The molecule has 166 valence electrons. The number of ether oxygens (including phenoxy) is 1. The van der Waals surface area contributed by atoms with E-state index in [-0.39, 0.29) is 17.7 Å². The summed E-state index contributed by atoms with van der Waals surface area (Å²) < 4.78 is 5.95. The van der Waals surface area contributed by atoms with Crippen LogP contribution in [0.1, 0.15) is 24.0 Å². The summed E-state index contributed by atoms with van der Waals surface area (Å²) in [6, 6.07) is 18.5. The number of carbonyl (C=O) groups excluding carboxylic acids is 1. The van der Waals surface area contributed by atoms with Crippen LogP contribution < -0.4 is 10.1 Å². The number of nitrogens with one attached hydrogen (secondary N) is 1. The third kappa shape index (κ3) is 6.31. The van der Waals surface area contributed by atoms with Gasteiger partial charge in [0, 0.05) is 38.1 Å². The van der Waals surface area contributed by atoms with Crippen LogP contribution in [0, 0.1) is 6.92 Å². The molecule has 0 spiro atoms. The van der Waals surface area contributed by atoms with Gasteiger partial charge < -0.3 is 10.1 Å². The predicted molar refractivity (Wildman–Crippen MR) is 127 cm³/mol. The van der Waals surface area contributed by atoms with Crippen molar-refractivity contribution in [3.05, 3.63) is 78.1 Å². The third-order valence-corrected chi connectivity index (χ3v) is 6.44. The van der Waals surface area contributed by atoms with Gasteiger partial charge in [0.15, 0.2) is 5.03 Å². The first-order chi connectivity index (χ1) is 15.7. The van der Waals surface area contributed by atoms with Crippen molar-refractivity contribution in [2.24, 2.45) is 0 Å². The van der Waals surface area contributed by atoms with Crippen LogP contribution >= 0.6 is 11.8 Å². The van der Waals surface area contributed by atoms with Crippen LogP contribution in [0.3, 0.4) is 0 Å². The molecule has 1 fully saturated rings. The lowest BCUT2D eigenvalue weighted by atomic mass is 10.0. The van der Waals surface area contributed by atoms with Gasteiger partial charge in [-0.2, -0.15) is 0 Å². The van der Waals surface area contributed by atoms with Crippen molar-refractivity contribution >= 4 is 17.7 Å². The van der Waals surface area contributed by atoms with Gasteiger partial charge in [-0.3, -0.25) is 9.69 Å². The van der Waals surface area contributed by atoms with Gasteiger partial charge in [0.05, 0.1) is 5.75 Å². The van der Waals surface area contributed by atoms with Gasteiger partial charge in [-0.25, -0.2) is 9.97 Å². The number of thioether (sulfide) groups is 1. The van der Waals surface area contributed by atoms with Crippen molar-refractivity contribution in [1.29, 1.82) is 0 Å². The Bertz CT molecular complexity index is 1020. The fourth-order valence-electron chi connectivity index (χ4n) is 3.74. The fourth-order valence-corrected chi connectivity index (χ4v) is 4.44. The number of hydrogen-bond donors (Lipinski definition) is 1. The highest BCUT2D eigenvalue weighted by atomic mass is 32.2. The molecule has 0 atom stereocenters. The predicted octanol–water partition coefficient (Wildman–Crippen LogP) is 4.45. The van der Waals surface area contributed by atoms with E-state index in [1.165, 1.54) is 17.3 Å². The van der Waals surface area contributed by atoms with Gasteiger partial charge in [-0.1, -0.05) is 60.3 Å². The van der Waals surface area contributed by atoms with Crippen LogP contribution in [0.25, 0.3) is 0 Å². The number of hydrogen-bond acceptors (Lipinski definition) is 6. The normalized spacial score (nSPS) is 14.8. The number of piperidine rings is 1. The highest BCUT2D eigenvalue weighted by molar-refractivity contribution is 8.00. The lowest BCUT2D eigenvalue weighted by Gasteiger charge is -2.32. The Balaban J connectivity index is 1.24. The number of para-hydroxylation sites is 1. The summed E-state index contributed by atoms with van der Waals surface area (Å²) in [6.45, 7) is 4.93. The maximum Gasteiger partial charge on any atom is 0.252 e. The van der Waals surface area contributed by atoms with Crippen LogP contribution in [-0.2, 0) is 11.3 Å². The third-order valence-electron chi connectivity index (χ3n) is 5.48. The second-order valence-electron chi connectivity index (χ2n) is 7.93. The Kier molecular flexibility index (Phi) is 7.74. The van der Waals surface area contributed by atoms with Crippen LogP contribution in [0.2, 0.25) is 0 Å². The van der Waals surface area contributed by atoms with Crippen molar-refractivity contribution in [1.82, 2.24) is 20.2 Å². The second-order valence-corrected chi connectivity index (χ2v) is 8.89. The van der Waals surface area contributed by atoms with Crippen molar-refractivity contribution in [2.45, 2.75) is 37.4 Å². The molecular formula is C25H28N4O2S. The molecule has 32 heavy (non-hydrogen) atoms. The number of aromatic nitrogens is 2. The van der Waals surface area contributed by atoms with Crippen molar-refractivity contribution in [3.8, 4) is 11.6 Å². The summed E-state index contributed by atoms with van der Waals surface area (Å²) in [7, 11) is 0. The van der Waals surface area contributed by atoms with Gasteiger partial charge in [0.25, 0.3) is 5.88 Å². The zero-order valence-electron chi connectivity index (χ0n) is 18.2. The Morgan fingerprint density at radius 3 is 2.56 bits per heavy atom. The smallest absolute Gasteiger partial charge is 0.252 e.